The number of rotatable bonds is 8. The second kappa shape index (κ2) is 10.8. The average molecular weight is 489 g/mol. The van der Waals surface area contributed by atoms with Crippen molar-refractivity contribution in [3.8, 4) is 0 Å². The van der Waals surface area contributed by atoms with E-state index >= 15 is 0 Å². The highest BCUT2D eigenvalue weighted by Crippen LogP contribution is 2.31. The van der Waals surface area contributed by atoms with Crippen molar-refractivity contribution in [3.05, 3.63) is 53.7 Å². The number of carbonyl (C=O) groups is 1. The fraction of sp³-hybridized carbons (Fsp3) is 0.520. The van der Waals surface area contributed by atoms with E-state index in [0.717, 1.165) is 12.0 Å². The molecule has 186 valence electrons. The molecule has 1 aliphatic rings. The Morgan fingerprint density at radius 1 is 1.21 bits per heavy atom. The van der Waals surface area contributed by atoms with E-state index in [-0.39, 0.29) is 28.3 Å². The van der Waals surface area contributed by atoms with Gasteiger partial charge in [-0.05, 0) is 48.6 Å². The lowest BCUT2D eigenvalue weighted by atomic mass is 9.87. The normalized spacial score (nSPS) is 18.3. The van der Waals surface area contributed by atoms with Crippen LogP contribution in [0, 0.1) is 5.41 Å². The van der Waals surface area contributed by atoms with Gasteiger partial charge in [0.25, 0.3) is 5.91 Å². The minimum atomic E-state index is -3.68. The number of hydrogen-bond donors (Lipinski definition) is 2. The van der Waals surface area contributed by atoms with Crippen molar-refractivity contribution in [2.45, 2.75) is 64.6 Å². The molecule has 34 heavy (non-hydrogen) atoms. The van der Waals surface area contributed by atoms with Crippen LogP contribution in [0.25, 0.3) is 0 Å². The Morgan fingerprint density at radius 3 is 2.50 bits per heavy atom. The summed E-state index contributed by atoms with van der Waals surface area (Å²) in [6, 6.07) is 10.5. The lowest BCUT2D eigenvalue weighted by Gasteiger charge is -2.41. The molecule has 1 saturated heterocycles. The molecule has 1 unspecified atom stereocenters. The average Bonchev–Trinajstić information content (AvgIpc) is 2.82. The van der Waals surface area contributed by atoms with Crippen LogP contribution in [0.1, 0.15) is 57.0 Å². The molecule has 0 radical (unpaired) electrons. The Balaban J connectivity index is 1.63. The van der Waals surface area contributed by atoms with Crippen LogP contribution in [-0.2, 0) is 21.3 Å². The van der Waals surface area contributed by atoms with Gasteiger partial charge in [0.2, 0.25) is 10.0 Å². The van der Waals surface area contributed by atoms with Gasteiger partial charge < -0.3 is 15.4 Å². The van der Waals surface area contributed by atoms with Crippen LogP contribution in [-0.4, -0.2) is 55.5 Å². The number of amides is 1. The fourth-order valence-corrected chi connectivity index (χ4v) is 5.43. The van der Waals surface area contributed by atoms with Crippen LogP contribution in [0.4, 0.5) is 5.82 Å². The van der Waals surface area contributed by atoms with Crippen molar-refractivity contribution >= 4 is 21.7 Å². The molecule has 2 atom stereocenters. The van der Waals surface area contributed by atoms with Gasteiger partial charge in [0.05, 0.1) is 19.3 Å². The summed E-state index contributed by atoms with van der Waals surface area (Å²) in [4.78, 5) is 16.7. The summed E-state index contributed by atoms with van der Waals surface area (Å²) in [5, 5.41) is 6.15. The molecule has 1 amide bonds. The topological polar surface area (TPSA) is 101 Å². The largest absolute Gasteiger partial charge is 0.378 e. The summed E-state index contributed by atoms with van der Waals surface area (Å²) in [6.07, 6.45) is 2.28. The highest BCUT2D eigenvalue weighted by Gasteiger charge is 2.40. The van der Waals surface area contributed by atoms with Crippen molar-refractivity contribution in [3.63, 3.8) is 0 Å². The molecule has 2 heterocycles. The first kappa shape index (κ1) is 26.1. The third-order valence-corrected chi connectivity index (χ3v) is 7.99. The molecule has 1 fully saturated rings. The van der Waals surface area contributed by atoms with Gasteiger partial charge in [-0.25, -0.2) is 13.4 Å². The Labute approximate surface area is 203 Å². The molecule has 0 aliphatic carbocycles. The van der Waals surface area contributed by atoms with Gasteiger partial charge in [-0.1, -0.05) is 39.8 Å². The van der Waals surface area contributed by atoms with Crippen molar-refractivity contribution in [2.24, 2.45) is 5.41 Å². The van der Waals surface area contributed by atoms with Gasteiger partial charge >= 0.3 is 0 Å². The Morgan fingerprint density at radius 2 is 1.91 bits per heavy atom. The van der Waals surface area contributed by atoms with Crippen LogP contribution in [0.15, 0.2) is 47.5 Å². The lowest BCUT2D eigenvalue weighted by Crippen LogP contribution is -2.54. The minimum Gasteiger partial charge on any atom is -0.378 e. The van der Waals surface area contributed by atoms with E-state index in [1.54, 1.807) is 28.6 Å². The predicted molar refractivity (Wildman–Crippen MR) is 133 cm³/mol. The molecular formula is C25H36N4O4S. The maximum Gasteiger partial charge on any atom is 0.251 e. The summed E-state index contributed by atoms with van der Waals surface area (Å²) >= 11 is 0. The number of hydrogen-bond acceptors (Lipinski definition) is 6. The number of benzene rings is 1. The van der Waals surface area contributed by atoms with Crippen LogP contribution < -0.4 is 10.6 Å². The quantitative estimate of drug-likeness (QED) is 0.588. The zero-order chi connectivity index (χ0) is 24.9. The van der Waals surface area contributed by atoms with Crippen LogP contribution in [0.5, 0.6) is 0 Å². The molecule has 8 nitrogen and oxygen atoms in total. The second-order valence-electron chi connectivity index (χ2n) is 9.78. The van der Waals surface area contributed by atoms with E-state index in [4.69, 9.17) is 4.74 Å². The lowest BCUT2D eigenvalue weighted by molar-refractivity contribution is -0.00838. The number of morpholine rings is 1. The van der Waals surface area contributed by atoms with Gasteiger partial charge in [-0.2, -0.15) is 4.31 Å². The molecular weight excluding hydrogens is 452 g/mol. The van der Waals surface area contributed by atoms with Gasteiger partial charge in [-0.3, -0.25) is 4.79 Å². The molecule has 1 aromatic carbocycles. The van der Waals surface area contributed by atoms with Crippen molar-refractivity contribution in [1.82, 2.24) is 14.6 Å². The monoisotopic (exact) mass is 488 g/mol. The van der Waals surface area contributed by atoms with Gasteiger partial charge in [0.1, 0.15) is 10.7 Å². The second-order valence-corrected chi connectivity index (χ2v) is 11.7. The zero-order valence-corrected chi connectivity index (χ0v) is 21.5. The van der Waals surface area contributed by atoms with Gasteiger partial charge in [-0.15, -0.1) is 0 Å². The SMILES string of the molecule is CCC(C)NC(=O)c1ccc(CNc2ccc(S(=O)(=O)N3CCOC[C@H]3C(C)(C)C)cn2)cc1. The first-order valence-corrected chi connectivity index (χ1v) is 13.2. The molecule has 1 aromatic heterocycles. The van der Waals surface area contributed by atoms with Crippen LogP contribution in [0.3, 0.4) is 0 Å². The number of nitrogens with zero attached hydrogens (tertiary/aromatic N) is 2. The summed E-state index contributed by atoms with van der Waals surface area (Å²) in [6.45, 7) is 11.7. The molecule has 2 aromatic rings. The highest BCUT2D eigenvalue weighted by molar-refractivity contribution is 7.89. The smallest absolute Gasteiger partial charge is 0.251 e. The van der Waals surface area contributed by atoms with Crippen LogP contribution in [0.2, 0.25) is 0 Å². The Kier molecular flexibility index (Phi) is 8.33. The van der Waals surface area contributed by atoms with Crippen molar-refractivity contribution in [1.29, 1.82) is 0 Å². The zero-order valence-electron chi connectivity index (χ0n) is 20.7. The third-order valence-electron chi connectivity index (χ3n) is 6.10. The Hall–Kier alpha value is -2.49. The first-order valence-electron chi connectivity index (χ1n) is 11.7. The first-order chi connectivity index (χ1) is 16.0. The third kappa shape index (κ3) is 6.34. The maximum absolute atomic E-state index is 13.3. The maximum atomic E-state index is 13.3. The van der Waals surface area contributed by atoms with E-state index in [9.17, 15) is 13.2 Å². The number of ether oxygens (including phenoxy) is 1. The summed E-state index contributed by atoms with van der Waals surface area (Å²) in [7, 11) is -3.68. The fourth-order valence-electron chi connectivity index (χ4n) is 3.71. The minimum absolute atomic E-state index is 0.0821. The molecule has 0 bridgehead atoms. The summed E-state index contributed by atoms with van der Waals surface area (Å²) < 4.78 is 33.7. The van der Waals surface area contributed by atoms with Gasteiger partial charge in [0.15, 0.2) is 0 Å². The van der Waals surface area contributed by atoms with E-state index in [1.165, 1.54) is 6.20 Å². The summed E-state index contributed by atoms with van der Waals surface area (Å²) in [5.41, 5.74) is 1.36. The molecule has 2 N–H and O–H groups in total. The number of aromatic nitrogens is 1. The van der Waals surface area contributed by atoms with Crippen LogP contribution >= 0.6 is 0 Å². The molecule has 0 spiro atoms. The summed E-state index contributed by atoms with van der Waals surface area (Å²) in [5.74, 6) is 0.494. The number of nitrogens with one attached hydrogen (secondary N) is 2. The number of anilines is 1. The standard InChI is InChI=1S/C25H36N4O4S/c1-6-18(2)28-24(30)20-9-7-19(8-10-20)15-26-23-12-11-21(16-27-23)34(31,32)29-13-14-33-17-22(29)25(3,4)5/h7-12,16,18,22H,6,13-15,17H2,1-5H3,(H,26,27)(H,28,30)/t18?,22-/m0/s1. The van der Waals surface area contributed by atoms with E-state index in [1.807, 2.05) is 46.8 Å². The molecule has 9 heteroatoms. The molecule has 0 saturated carbocycles. The molecule has 3 rings (SSSR count). The van der Waals surface area contributed by atoms with Crippen molar-refractivity contribution in [2.75, 3.05) is 25.1 Å². The molecule has 1 aliphatic heterocycles. The van der Waals surface area contributed by atoms with Crippen molar-refractivity contribution < 1.29 is 17.9 Å². The van der Waals surface area contributed by atoms with Gasteiger partial charge in [0, 0.05) is 30.9 Å². The number of pyridine rings is 1. The van der Waals surface area contributed by atoms with E-state index in [0.29, 0.717) is 37.7 Å². The number of carbonyl (C=O) groups excluding carboxylic acids is 1. The predicted octanol–water partition coefficient (Wildman–Crippen LogP) is 3.66. The number of sulfonamides is 1. The Bertz CT molecular complexity index is 1060. The highest BCUT2D eigenvalue weighted by atomic mass is 32.2. The van der Waals surface area contributed by atoms with E-state index < -0.39 is 10.0 Å². The van der Waals surface area contributed by atoms with E-state index in [2.05, 4.69) is 15.6 Å².